The summed E-state index contributed by atoms with van der Waals surface area (Å²) in [6.45, 7) is 7.52. The molecule has 16 heavy (non-hydrogen) atoms. The number of esters is 1. The first-order chi connectivity index (χ1) is 7.29. The molecule has 1 spiro atoms. The van der Waals surface area contributed by atoms with Gasteiger partial charge in [0.2, 0.25) is 0 Å². The van der Waals surface area contributed by atoms with Crippen LogP contribution in [0.1, 0.15) is 40.0 Å². The predicted molar refractivity (Wildman–Crippen MR) is 61.9 cm³/mol. The van der Waals surface area contributed by atoms with Gasteiger partial charge in [-0.25, -0.2) is 0 Å². The Morgan fingerprint density at radius 1 is 1.44 bits per heavy atom. The van der Waals surface area contributed by atoms with Crippen molar-refractivity contribution >= 4 is 5.97 Å². The number of rotatable bonds is 1. The van der Waals surface area contributed by atoms with Gasteiger partial charge in [0.1, 0.15) is 11.1 Å². The van der Waals surface area contributed by atoms with Crippen LogP contribution in [0.3, 0.4) is 0 Å². The van der Waals surface area contributed by atoms with E-state index in [9.17, 15) is 4.79 Å². The molecule has 2 unspecified atom stereocenters. The zero-order chi connectivity index (χ0) is 12.0. The topological polar surface area (TPSA) is 64.3 Å². The first-order valence-electron chi connectivity index (χ1n) is 6.02. The normalized spacial score (nSPS) is 38.5. The average molecular weight is 226 g/mol. The summed E-state index contributed by atoms with van der Waals surface area (Å²) in [4.78, 5) is 12.0. The van der Waals surface area contributed by atoms with Gasteiger partial charge in [0.05, 0.1) is 0 Å². The van der Waals surface area contributed by atoms with E-state index in [0.717, 1.165) is 32.4 Å². The highest BCUT2D eigenvalue weighted by atomic mass is 16.6. The van der Waals surface area contributed by atoms with Crippen molar-refractivity contribution in [2.75, 3.05) is 13.1 Å². The van der Waals surface area contributed by atoms with Gasteiger partial charge >= 0.3 is 5.97 Å². The third kappa shape index (κ3) is 1.84. The van der Waals surface area contributed by atoms with Gasteiger partial charge in [-0.1, -0.05) is 0 Å². The summed E-state index contributed by atoms with van der Waals surface area (Å²) >= 11 is 0. The van der Waals surface area contributed by atoms with Crippen LogP contribution in [0.2, 0.25) is 0 Å². The third-order valence-corrected chi connectivity index (χ3v) is 3.67. The molecule has 0 bridgehead atoms. The molecule has 1 saturated carbocycles. The van der Waals surface area contributed by atoms with Crippen LogP contribution in [-0.2, 0) is 9.53 Å². The fraction of sp³-hybridized carbons (Fsp3) is 0.917. The van der Waals surface area contributed by atoms with Crippen molar-refractivity contribution in [2.24, 2.45) is 11.1 Å². The van der Waals surface area contributed by atoms with Crippen molar-refractivity contribution in [1.82, 2.24) is 5.32 Å². The Hall–Kier alpha value is -0.610. The summed E-state index contributed by atoms with van der Waals surface area (Å²) < 4.78 is 5.40. The van der Waals surface area contributed by atoms with Crippen LogP contribution in [0.25, 0.3) is 0 Å². The second-order valence-corrected chi connectivity index (χ2v) is 6.21. The molecule has 2 rings (SSSR count). The lowest BCUT2D eigenvalue weighted by Crippen LogP contribution is -2.48. The van der Waals surface area contributed by atoms with E-state index in [1.54, 1.807) is 0 Å². The van der Waals surface area contributed by atoms with Gasteiger partial charge < -0.3 is 15.8 Å². The Morgan fingerprint density at radius 2 is 2.12 bits per heavy atom. The fourth-order valence-electron chi connectivity index (χ4n) is 2.65. The van der Waals surface area contributed by atoms with Gasteiger partial charge in [-0.2, -0.15) is 0 Å². The molecule has 0 aromatic heterocycles. The highest BCUT2D eigenvalue weighted by Gasteiger charge is 2.70. The zero-order valence-electron chi connectivity index (χ0n) is 10.4. The Balaban J connectivity index is 2.03. The lowest BCUT2D eigenvalue weighted by Gasteiger charge is -2.28. The molecular formula is C12H22N2O2. The Labute approximate surface area is 96.9 Å². The minimum absolute atomic E-state index is 0.0341. The molecule has 2 fully saturated rings. The molecule has 4 heteroatoms. The average Bonchev–Trinajstić information content (AvgIpc) is 2.71. The molecule has 1 aliphatic carbocycles. The number of hydrogen-bond acceptors (Lipinski definition) is 4. The molecule has 0 amide bonds. The molecule has 2 atom stereocenters. The lowest BCUT2D eigenvalue weighted by atomic mass is 9.91. The van der Waals surface area contributed by atoms with Crippen LogP contribution >= 0.6 is 0 Å². The van der Waals surface area contributed by atoms with Crippen LogP contribution in [0.5, 0.6) is 0 Å². The van der Waals surface area contributed by atoms with Gasteiger partial charge in [0, 0.05) is 12.0 Å². The Morgan fingerprint density at radius 3 is 2.62 bits per heavy atom. The second kappa shape index (κ2) is 3.44. The van der Waals surface area contributed by atoms with Gasteiger partial charge in [0.15, 0.2) is 0 Å². The van der Waals surface area contributed by atoms with Gasteiger partial charge in [0.25, 0.3) is 0 Å². The highest BCUT2D eigenvalue weighted by Crippen LogP contribution is 2.58. The molecule has 2 aliphatic rings. The summed E-state index contributed by atoms with van der Waals surface area (Å²) in [5.74, 6) is -0.233. The molecule has 0 aromatic carbocycles. The van der Waals surface area contributed by atoms with E-state index in [1.807, 2.05) is 20.8 Å². The van der Waals surface area contributed by atoms with E-state index >= 15 is 0 Å². The third-order valence-electron chi connectivity index (χ3n) is 3.67. The number of carbonyl (C=O) groups is 1. The molecular weight excluding hydrogens is 204 g/mol. The number of piperidine rings is 1. The maximum Gasteiger partial charge on any atom is 0.327 e. The Kier molecular flexibility index (Phi) is 2.55. The molecule has 3 N–H and O–H groups in total. The van der Waals surface area contributed by atoms with Crippen molar-refractivity contribution in [2.45, 2.75) is 51.2 Å². The summed E-state index contributed by atoms with van der Waals surface area (Å²) in [5.41, 5.74) is 4.97. The smallest absolute Gasteiger partial charge is 0.327 e. The minimum atomic E-state index is -0.742. The lowest BCUT2D eigenvalue weighted by molar-refractivity contribution is -0.159. The fourth-order valence-corrected chi connectivity index (χ4v) is 2.65. The van der Waals surface area contributed by atoms with Crippen LogP contribution in [0.4, 0.5) is 0 Å². The van der Waals surface area contributed by atoms with Gasteiger partial charge in [-0.15, -0.1) is 0 Å². The van der Waals surface area contributed by atoms with Crippen LogP contribution in [0.15, 0.2) is 0 Å². The predicted octanol–water partition coefficient (Wildman–Crippen LogP) is 0.799. The van der Waals surface area contributed by atoms with E-state index < -0.39 is 11.1 Å². The monoisotopic (exact) mass is 226 g/mol. The number of ether oxygens (including phenoxy) is 1. The van der Waals surface area contributed by atoms with E-state index in [1.165, 1.54) is 0 Å². The largest absolute Gasteiger partial charge is 0.459 e. The number of nitrogens with one attached hydrogen (secondary N) is 1. The molecule has 0 aromatic rings. The molecule has 0 radical (unpaired) electrons. The van der Waals surface area contributed by atoms with Crippen molar-refractivity contribution in [3.8, 4) is 0 Å². The quantitative estimate of drug-likeness (QED) is 0.649. The van der Waals surface area contributed by atoms with Crippen molar-refractivity contribution in [3.05, 3.63) is 0 Å². The second-order valence-electron chi connectivity index (χ2n) is 6.21. The van der Waals surface area contributed by atoms with Crippen molar-refractivity contribution < 1.29 is 9.53 Å². The molecule has 1 saturated heterocycles. The molecule has 1 aliphatic heterocycles. The molecule has 92 valence electrons. The molecule has 1 heterocycles. The maximum absolute atomic E-state index is 12.0. The van der Waals surface area contributed by atoms with Crippen LogP contribution in [-0.4, -0.2) is 30.2 Å². The van der Waals surface area contributed by atoms with E-state index in [-0.39, 0.29) is 11.4 Å². The summed E-state index contributed by atoms with van der Waals surface area (Å²) in [7, 11) is 0. The van der Waals surface area contributed by atoms with Gasteiger partial charge in [-0.3, -0.25) is 4.79 Å². The van der Waals surface area contributed by atoms with Crippen molar-refractivity contribution in [3.63, 3.8) is 0 Å². The van der Waals surface area contributed by atoms with Crippen LogP contribution in [0, 0.1) is 5.41 Å². The number of nitrogens with two attached hydrogens (primary N) is 1. The van der Waals surface area contributed by atoms with E-state index in [4.69, 9.17) is 10.5 Å². The first kappa shape index (κ1) is 11.9. The van der Waals surface area contributed by atoms with Crippen molar-refractivity contribution in [1.29, 1.82) is 0 Å². The minimum Gasteiger partial charge on any atom is -0.459 e. The SMILES string of the molecule is CC(C)(C)OC(=O)C1(N)CC12CCCNC2. The highest BCUT2D eigenvalue weighted by molar-refractivity contribution is 5.86. The summed E-state index contributed by atoms with van der Waals surface area (Å²) in [6, 6.07) is 0. The van der Waals surface area contributed by atoms with Gasteiger partial charge in [-0.05, 0) is 46.6 Å². The van der Waals surface area contributed by atoms with E-state index in [0.29, 0.717) is 0 Å². The van der Waals surface area contributed by atoms with Crippen LogP contribution < -0.4 is 11.1 Å². The maximum atomic E-state index is 12.0. The Bertz CT molecular complexity index is 303. The number of hydrogen-bond donors (Lipinski definition) is 2. The first-order valence-corrected chi connectivity index (χ1v) is 6.02. The summed E-state index contributed by atoms with van der Waals surface area (Å²) in [6.07, 6.45) is 2.90. The zero-order valence-corrected chi connectivity index (χ0v) is 10.4. The standard InChI is InChI=1S/C12H22N2O2/c1-10(2,3)16-9(15)12(13)7-11(12)5-4-6-14-8-11/h14H,4-8,13H2,1-3H3. The van der Waals surface area contributed by atoms with E-state index in [2.05, 4.69) is 5.32 Å². The number of carbonyl (C=O) groups excluding carboxylic acids is 1. The molecule has 4 nitrogen and oxygen atoms in total. The summed E-state index contributed by atoms with van der Waals surface area (Å²) in [5, 5.41) is 3.32.